The highest BCUT2D eigenvalue weighted by atomic mass is 32.2. The summed E-state index contributed by atoms with van der Waals surface area (Å²) in [4.78, 5) is 12.4. The molecule has 1 unspecified atom stereocenters. The van der Waals surface area contributed by atoms with E-state index < -0.39 is 12.0 Å². The largest absolute Gasteiger partial charge is 0.480 e. The molecule has 110 valence electrons. The summed E-state index contributed by atoms with van der Waals surface area (Å²) in [5.41, 5.74) is 0. The number of aliphatic carboxylic acids is 1. The van der Waals surface area contributed by atoms with E-state index in [0.29, 0.717) is 12.5 Å². The topological polar surface area (TPSA) is 49.3 Å². The molecule has 0 amide bonds. The van der Waals surface area contributed by atoms with Gasteiger partial charge in [-0.25, -0.2) is 0 Å². The molecule has 2 aromatic carbocycles. The normalized spacial score (nSPS) is 16.0. The molecular formula is C17H19NO2S. The number of hydrogen-bond acceptors (Lipinski definition) is 3. The van der Waals surface area contributed by atoms with Gasteiger partial charge in [0.05, 0.1) is 0 Å². The first kappa shape index (κ1) is 14.4. The smallest absolute Gasteiger partial charge is 0.320 e. The van der Waals surface area contributed by atoms with E-state index in [-0.39, 0.29) is 0 Å². The van der Waals surface area contributed by atoms with Crippen molar-refractivity contribution in [3.63, 3.8) is 0 Å². The molecule has 0 aromatic heterocycles. The van der Waals surface area contributed by atoms with Crippen molar-refractivity contribution < 1.29 is 9.90 Å². The number of carbonyl (C=O) groups is 1. The average Bonchev–Trinajstić information content (AvgIpc) is 3.30. The number of benzene rings is 2. The Balaban J connectivity index is 1.56. The second kappa shape index (κ2) is 6.50. The van der Waals surface area contributed by atoms with E-state index in [1.807, 2.05) is 12.1 Å². The van der Waals surface area contributed by atoms with Crippen LogP contribution in [0.2, 0.25) is 0 Å². The number of carboxylic acids is 1. The van der Waals surface area contributed by atoms with E-state index in [1.54, 1.807) is 11.8 Å². The van der Waals surface area contributed by atoms with Crippen molar-refractivity contribution in [1.29, 1.82) is 0 Å². The minimum Gasteiger partial charge on any atom is -0.480 e. The quantitative estimate of drug-likeness (QED) is 0.768. The van der Waals surface area contributed by atoms with Crippen LogP contribution in [0.15, 0.2) is 47.4 Å². The summed E-state index contributed by atoms with van der Waals surface area (Å²) in [7, 11) is 0. The number of rotatable bonds is 7. The molecule has 0 bridgehead atoms. The van der Waals surface area contributed by atoms with E-state index in [9.17, 15) is 9.90 Å². The van der Waals surface area contributed by atoms with Crippen molar-refractivity contribution in [2.75, 3.05) is 5.75 Å². The van der Waals surface area contributed by atoms with Gasteiger partial charge in [-0.15, -0.1) is 11.8 Å². The van der Waals surface area contributed by atoms with Gasteiger partial charge in [0.2, 0.25) is 0 Å². The van der Waals surface area contributed by atoms with Crippen molar-refractivity contribution in [3.8, 4) is 0 Å². The zero-order valence-corrected chi connectivity index (χ0v) is 12.6. The summed E-state index contributed by atoms with van der Waals surface area (Å²) in [6, 6.07) is 14.7. The fraction of sp³-hybridized carbons (Fsp3) is 0.353. The van der Waals surface area contributed by atoms with Gasteiger partial charge in [0.25, 0.3) is 0 Å². The van der Waals surface area contributed by atoms with Gasteiger partial charge in [-0.05, 0) is 42.2 Å². The highest BCUT2D eigenvalue weighted by molar-refractivity contribution is 7.99. The molecule has 0 saturated heterocycles. The fourth-order valence-electron chi connectivity index (χ4n) is 2.36. The first-order valence-corrected chi connectivity index (χ1v) is 8.31. The number of fused-ring (bicyclic) bond motifs is 1. The van der Waals surface area contributed by atoms with Gasteiger partial charge in [-0.1, -0.05) is 30.3 Å². The van der Waals surface area contributed by atoms with Crippen molar-refractivity contribution in [3.05, 3.63) is 42.5 Å². The average molecular weight is 301 g/mol. The Hall–Kier alpha value is -1.52. The first-order valence-electron chi connectivity index (χ1n) is 7.33. The highest BCUT2D eigenvalue weighted by Gasteiger charge is 2.27. The van der Waals surface area contributed by atoms with Crippen LogP contribution in [0.4, 0.5) is 0 Å². The zero-order valence-electron chi connectivity index (χ0n) is 11.8. The van der Waals surface area contributed by atoms with Gasteiger partial charge in [0.1, 0.15) is 6.04 Å². The molecule has 1 atom stereocenters. The van der Waals surface area contributed by atoms with E-state index in [4.69, 9.17) is 0 Å². The zero-order chi connectivity index (χ0) is 14.7. The predicted octanol–water partition coefficient (Wildman–Crippen LogP) is 3.53. The van der Waals surface area contributed by atoms with Crippen LogP contribution in [0.5, 0.6) is 0 Å². The van der Waals surface area contributed by atoms with E-state index in [0.717, 1.165) is 18.6 Å². The minimum absolute atomic E-state index is 0.412. The Morgan fingerprint density at radius 1 is 1.24 bits per heavy atom. The number of carboxylic acid groups (broad SMARTS) is 1. The molecule has 1 fully saturated rings. The molecule has 0 heterocycles. The fourth-order valence-corrected chi connectivity index (χ4v) is 3.33. The molecule has 0 aliphatic heterocycles. The van der Waals surface area contributed by atoms with Crippen LogP contribution in [0.3, 0.4) is 0 Å². The van der Waals surface area contributed by atoms with Crippen molar-refractivity contribution >= 4 is 28.5 Å². The molecule has 2 aromatic rings. The van der Waals surface area contributed by atoms with E-state index >= 15 is 0 Å². The third kappa shape index (κ3) is 3.99. The van der Waals surface area contributed by atoms with Crippen LogP contribution in [-0.4, -0.2) is 28.9 Å². The lowest BCUT2D eigenvalue weighted by Gasteiger charge is -2.13. The van der Waals surface area contributed by atoms with E-state index in [1.165, 1.54) is 15.7 Å². The number of nitrogens with one attached hydrogen (secondary N) is 1. The summed E-state index contributed by atoms with van der Waals surface area (Å²) in [5, 5.41) is 14.9. The van der Waals surface area contributed by atoms with Crippen molar-refractivity contribution in [1.82, 2.24) is 5.32 Å². The molecule has 1 aliphatic rings. The van der Waals surface area contributed by atoms with Crippen LogP contribution < -0.4 is 5.32 Å². The molecule has 0 radical (unpaired) electrons. The lowest BCUT2D eigenvalue weighted by Crippen LogP contribution is -2.38. The predicted molar refractivity (Wildman–Crippen MR) is 86.9 cm³/mol. The molecule has 4 heteroatoms. The summed E-state index contributed by atoms with van der Waals surface area (Å²) >= 11 is 1.73. The third-order valence-electron chi connectivity index (χ3n) is 3.71. The van der Waals surface area contributed by atoms with E-state index in [2.05, 4.69) is 35.6 Å². The van der Waals surface area contributed by atoms with Crippen LogP contribution in [0, 0.1) is 0 Å². The minimum atomic E-state index is -0.735. The molecule has 21 heavy (non-hydrogen) atoms. The Morgan fingerprint density at radius 2 is 2.00 bits per heavy atom. The highest BCUT2D eigenvalue weighted by Crippen LogP contribution is 2.25. The van der Waals surface area contributed by atoms with Crippen LogP contribution in [-0.2, 0) is 4.79 Å². The Labute approximate surface area is 128 Å². The monoisotopic (exact) mass is 301 g/mol. The molecule has 3 rings (SSSR count). The third-order valence-corrected chi connectivity index (χ3v) is 4.74. The first-order chi connectivity index (χ1) is 10.2. The van der Waals surface area contributed by atoms with Gasteiger partial charge in [-0.2, -0.15) is 0 Å². The standard InChI is InChI=1S/C17H19NO2S/c19-17(20)16(18-14-6-7-14)9-10-21-15-8-5-12-3-1-2-4-13(12)11-15/h1-5,8,11,14,16,18H,6-7,9-10H2,(H,19,20). The summed E-state index contributed by atoms with van der Waals surface area (Å²) in [6.07, 6.45) is 2.88. The molecular weight excluding hydrogens is 282 g/mol. The molecule has 1 aliphatic carbocycles. The van der Waals surface area contributed by atoms with Crippen LogP contribution in [0.25, 0.3) is 10.8 Å². The maximum Gasteiger partial charge on any atom is 0.320 e. The van der Waals surface area contributed by atoms with Crippen molar-refractivity contribution in [2.45, 2.75) is 36.2 Å². The molecule has 0 spiro atoms. The summed E-state index contributed by atoms with van der Waals surface area (Å²) < 4.78 is 0. The van der Waals surface area contributed by atoms with Gasteiger partial charge in [0, 0.05) is 16.7 Å². The Kier molecular flexibility index (Phi) is 4.46. The SMILES string of the molecule is O=C(O)C(CCSc1ccc2ccccc2c1)NC1CC1. The molecule has 3 nitrogen and oxygen atoms in total. The van der Waals surface area contributed by atoms with Crippen molar-refractivity contribution in [2.24, 2.45) is 0 Å². The summed E-state index contributed by atoms with van der Waals surface area (Å²) in [5.74, 6) is 0.0793. The maximum atomic E-state index is 11.2. The Morgan fingerprint density at radius 3 is 2.71 bits per heavy atom. The lowest BCUT2D eigenvalue weighted by atomic mass is 10.1. The lowest BCUT2D eigenvalue weighted by molar-refractivity contribution is -0.139. The number of hydrogen-bond donors (Lipinski definition) is 2. The Bertz CT molecular complexity index is 639. The van der Waals surface area contributed by atoms with Gasteiger partial charge >= 0.3 is 5.97 Å². The number of thioether (sulfide) groups is 1. The van der Waals surface area contributed by atoms with Crippen LogP contribution in [0.1, 0.15) is 19.3 Å². The summed E-state index contributed by atoms with van der Waals surface area (Å²) in [6.45, 7) is 0. The molecule has 2 N–H and O–H groups in total. The van der Waals surface area contributed by atoms with Gasteiger partial charge < -0.3 is 10.4 Å². The van der Waals surface area contributed by atoms with Gasteiger partial charge in [0.15, 0.2) is 0 Å². The van der Waals surface area contributed by atoms with Crippen LogP contribution >= 0.6 is 11.8 Å². The maximum absolute atomic E-state index is 11.2. The van der Waals surface area contributed by atoms with Gasteiger partial charge in [-0.3, -0.25) is 4.79 Å². The second-order valence-corrected chi connectivity index (χ2v) is 6.65. The second-order valence-electron chi connectivity index (χ2n) is 5.48. The molecule has 1 saturated carbocycles.